The molecule has 0 saturated carbocycles. The molecule has 7 heteroatoms. The SMILES string of the molecule is Cc1nccc(OC2CCCN(C(=O)c3cc(-c4ccccc4)n[nH]3)C2)n1. The zero-order valence-electron chi connectivity index (χ0n) is 15.1. The van der Waals surface area contributed by atoms with Gasteiger partial charge in [-0.1, -0.05) is 30.3 Å². The van der Waals surface area contributed by atoms with Gasteiger partial charge in [0.25, 0.3) is 5.91 Å². The van der Waals surface area contributed by atoms with Crippen molar-refractivity contribution in [1.82, 2.24) is 25.1 Å². The number of amides is 1. The smallest absolute Gasteiger partial charge is 0.272 e. The molecule has 0 aliphatic carbocycles. The number of hydrogen-bond donors (Lipinski definition) is 1. The Hall–Kier alpha value is -3.22. The summed E-state index contributed by atoms with van der Waals surface area (Å²) >= 11 is 0. The minimum Gasteiger partial charge on any atom is -0.472 e. The molecule has 3 aromatic rings. The fourth-order valence-electron chi connectivity index (χ4n) is 3.25. The molecule has 1 aromatic carbocycles. The molecule has 4 rings (SSSR count). The van der Waals surface area contributed by atoms with Crippen molar-refractivity contribution < 1.29 is 9.53 Å². The summed E-state index contributed by atoms with van der Waals surface area (Å²) in [5, 5.41) is 7.15. The van der Waals surface area contributed by atoms with Crippen LogP contribution in [-0.4, -0.2) is 50.2 Å². The zero-order chi connectivity index (χ0) is 18.6. The summed E-state index contributed by atoms with van der Waals surface area (Å²) in [4.78, 5) is 23.0. The van der Waals surface area contributed by atoms with Crippen LogP contribution in [0.2, 0.25) is 0 Å². The third-order valence-corrected chi connectivity index (χ3v) is 4.58. The fraction of sp³-hybridized carbons (Fsp3) is 0.300. The maximum Gasteiger partial charge on any atom is 0.272 e. The van der Waals surface area contributed by atoms with Gasteiger partial charge < -0.3 is 9.64 Å². The second kappa shape index (κ2) is 7.57. The highest BCUT2D eigenvalue weighted by Gasteiger charge is 2.27. The van der Waals surface area contributed by atoms with E-state index in [0.717, 1.165) is 24.1 Å². The number of nitrogens with zero attached hydrogens (tertiary/aromatic N) is 4. The summed E-state index contributed by atoms with van der Waals surface area (Å²) in [5.41, 5.74) is 2.24. The van der Waals surface area contributed by atoms with E-state index in [1.807, 2.05) is 42.2 Å². The van der Waals surface area contributed by atoms with Gasteiger partial charge in [-0.2, -0.15) is 10.1 Å². The summed E-state index contributed by atoms with van der Waals surface area (Å²) in [6, 6.07) is 13.3. The normalized spacial score (nSPS) is 16.9. The Labute approximate surface area is 157 Å². The number of aromatic nitrogens is 4. The van der Waals surface area contributed by atoms with Crippen LogP contribution in [0.3, 0.4) is 0 Å². The maximum absolute atomic E-state index is 12.9. The van der Waals surface area contributed by atoms with Crippen molar-refractivity contribution in [3.8, 4) is 17.1 Å². The van der Waals surface area contributed by atoms with Gasteiger partial charge in [-0.05, 0) is 25.8 Å². The molecule has 0 bridgehead atoms. The highest BCUT2D eigenvalue weighted by Crippen LogP contribution is 2.21. The van der Waals surface area contributed by atoms with Gasteiger partial charge in [0.05, 0.1) is 12.2 Å². The van der Waals surface area contributed by atoms with Crippen LogP contribution >= 0.6 is 0 Å². The number of H-pyrrole nitrogens is 1. The molecule has 1 fully saturated rings. The summed E-state index contributed by atoms with van der Waals surface area (Å²) < 4.78 is 5.96. The first kappa shape index (κ1) is 17.2. The van der Waals surface area contributed by atoms with Crippen LogP contribution in [-0.2, 0) is 0 Å². The Kier molecular flexibility index (Phi) is 4.82. The van der Waals surface area contributed by atoms with Crippen LogP contribution in [0.1, 0.15) is 29.2 Å². The van der Waals surface area contributed by atoms with Gasteiger partial charge in [0.1, 0.15) is 17.6 Å². The van der Waals surface area contributed by atoms with Gasteiger partial charge in [0, 0.05) is 24.4 Å². The first-order valence-corrected chi connectivity index (χ1v) is 9.05. The fourth-order valence-corrected chi connectivity index (χ4v) is 3.25. The minimum atomic E-state index is -0.0754. The number of aryl methyl sites for hydroxylation is 1. The number of ether oxygens (including phenoxy) is 1. The lowest BCUT2D eigenvalue weighted by Crippen LogP contribution is -2.44. The third-order valence-electron chi connectivity index (χ3n) is 4.58. The molecule has 1 atom stereocenters. The zero-order valence-corrected chi connectivity index (χ0v) is 15.1. The van der Waals surface area contributed by atoms with E-state index in [4.69, 9.17) is 4.74 Å². The molecular formula is C20H21N5O2. The molecule has 0 radical (unpaired) electrons. The average Bonchev–Trinajstić information content (AvgIpc) is 3.19. The quantitative estimate of drug-likeness (QED) is 0.770. The van der Waals surface area contributed by atoms with Gasteiger partial charge in [-0.3, -0.25) is 9.89 Å². The third kappa shape index (κ3) is 3.97. The molecule has 1 aliphatic rings. The van der Waals surface area contributed by atoms with Crippen LogP contribution in [0.15, 0.2) is 48.7 Å². The highest BCUT2D eigenvalue weighted by atomic mass is 16.5. The Balaban J connectivity index is 1.43. The molecule has 7 nitrogen and oxygen atoms in total. The predicted molar refractivity (Wildman–Crippen MR) is 100 cm³/mol. The van der Waals surface area contributed by atoms with E-state index >= 15 is 0 Å². The van der Waals surface area contributed by atoms with Crippen molar-refractivity contribution in [3.63, 3.8) is 0 Å². The molecule has 0 spiro atoms. The lowest BCUT2D eigenvalue weighted by Gasteiger charge is -2.32. The Morgan fingerprint density at radius 1 is 1.26 bits per heavy atom. The second-order valence-corrected chi connectivity index (χ2v) is 6.61. The average molecular weight is 363 g/mol. The maximum atomic E-state index is 12.9. The predicted octanol–water partition coefficient (Wildman–Crippen LogP) is 2.86. The largest absolute Gasteiger partial charge is 0.472 e. The van der Waals surface area contributed by atoms with Gasteiger partial charge in [0.15, 0.2) is 0 Å². The Morgan fingerprint density at radius 3 is 2.93 bits per heavy atom. The molecular weight excluding hydrogens is 342 g/mol. The number of nitrogens with one attached hydrogen (secondary N) is 1. The monoisotopic (exact) mass is 363 g/mol. The van der Waals surface area contributed by atoms with Crippen molar-refractivity contribution in [2.45, 2.75) is 25.9 Å². The standard InChI is InChI=1S/C20H21N5O2/c1-14-21-10-9-19(22-14)27-16-8-5-11-25(13-16)20(26)18-12-17(23-24-18)15-6-3-2-4-7-15/h2-4,6-7,9-10,12,16H,5,8,11,13H2,1H3,(H,23,24). The van der Waals surface area contributed by atoms with Crippen molar-refractivity contribution in [2.75, 3.05) is 13.1 Å². The molecule has 27 heavy (non-hydrogen) atoms. The van der Waals surface area contributed by atoms with E-state index in [2.05, 4.69) is 20.2 Å². The number of aromatic amines is 1. The minimum absolute atomic E-state index is 0.0585. The number of benzene rings is 1. The molecule has 1 unspecified atom stereocenters. The molecule has 1 N–H and O–H groups in total. The molecule has 2 aromatic heterocycles. The van der Waals surface area contributed by atoms with E-state index in [0.29, 0.717) is 30.5 Å². The Morgan fingerprint density at radius 2 is 2.11 bits per heavy atom. The summed E-state index contributed by atoms with van der Waals surface area (Å²) in [6.07, 6.45) is 3.39. The number of piperidine rings is 1. The second-order valence-electron chi connectivity index (χ2n) is 6.61. The molecule has 1 amide bonds. The van der Waals surface area contributed by atoms with Crippen molar-refractivity contribution in [3.05, 3.63) is 60.2 Å². The van der Waals surface area contributed by atoms with Crippen LogP contribution < -0.4 is 4.74 Å². The number of carbonyl (C=O) groups excluding carboxylic acids is 1. The topological polar surface area (TPSA) is 84.0 Å². The van der Waals surface area contributed by atoms with Crippen LogP contribution in [0.5, 0.6) is 5.88 Å². The van der Waals surface area contributed by atoms with Crippen molar-refractivity contribution >= 4 is 5.91 Å². The van der Waals surface area contributed by atoms with Gasteiger partial charge in [-0.25, -0.2) is 4.98 Å². The van der Waals surface area contributed by atoms with E-state index in [1.54, 1.807) is 18.3 Å². The van der Waals surface area contributed by atoms with Gasteiger partial charge in [-0.15, -0.1) is 0 Å². The van der Waals surface area contributed by atoms with Crippen molar-refractivity contribution in [2.24, 2.45) is 0 Å². The molecule has 1 saturated heterocycles. The molecule has 1 aliphatic heterocycles. The van der Waals surface area contributed by atoms with E-state index in [1.165, 1.54) is 0 Å². The van der Waals surface area contributed by atoms with Gasteiger partial charge in [0.2, 0.25) is 5.88 Å². The van der Waals surface area contributed by atoms with E-state index in [-0.39, 0.29) is 12.0 Å². The highest BCUT2D eigenvalue weighted by molar-refractivity contribution is 5.93. The number of hydrogen-bond acceptors (Lipinski definition) is 5. The first-order valence-electron chi connectivity index (χ1n) is 9.05. The molecule has 138 valence electrons. The van der Waals surface area contributed by atoms with E-state index < -0.39 is 0 Å². The molecule has 3 heterocycles. The van der Waals surface area contributed by atoms with Crippen LogP contribution in [0.25, 0.3) is 11.3 Å². The lowest BCUT2D eigenvalue weighted by molar-refractivity contribution is 0.0522. The number of likely N-dealkylation sites (tertiary alicyclic amines) is 1. The van der Waals surface area contributed by atoms with Gasteiger partial charge >= 0.3 is 0 Å². The van der Waals surface area contributed by atoms with Crippen LogP contribution in [0.4, 0.5) is 0 Å². The van der Waals surface area contributed by atoms with Crippen LogP contribution in [0, 0.1) is 6.92 Å². The summed E-state index contributed by atoms with van der Waals surface area (Å²) in [6.45, 7) is 3.06. The lowest BCUT2D eigenvalue weighted by atomic mass is 10.1. The van der Waals surface area contributed by atoms with Crippen molar-refractivity contribution in [1.29, 1.82) is 0 Å². The number of carbonyl (C=O) groups is 1. The summed E-state index contributed by atoms with van der Waals surface area (Å²) in [5.74, 6) is 1.16. The van der Waals surface area contributed by atoms with E-state index in [9.17, 15) is 4.79 Å². The summed E-state index contributed by atoms with van der Waals surface area (Å²) in [7, 11) is 0. The number of rotatable bonds is 4. The first-order chi connectivity index (χ1) is 13.2. The Bertz CT molecular complexity index is 925.